The van der Waals surface area contributed by atoms with E-state index in [0.717, 1.165) is 24.2 Å². The lowest BCUT2D eigenvalue weighted by molar-refractivity contribution is 0.222. The van der Waals surface area contributed by atoms with Crippen LogP contribution in [-0.4, -0.2) is 74.5 Å². The molecule has 2 aromatic rings. The van der Waals surface area contributed by atoms with Crippen molar-refractivity contribution >= 4 is 27.0 Å². The van der Waals surface area contributed by atoms with Crippen molar-refractivity contribution in [1.82, 2.24) is 24.6 Å². The maximum atomic E-state index is 13.3. The van der Waals surface area contributed by atoms with Crippen LogP contribution in [-0.2, 0) is 10.0 Å². The Hall–Kier alpha value is -1.99. The lowest BCUT2D eigenvalue weighted by Gasteiger charge is -2.31. The molecule has 0 radical (unpaired) electrons. The van der Waals surface area contributed by atoms with Crippen molar-refractivity contribution in [1.29, 1.82) is 0 Å². The van der Waals surface area contributed by atoms with Crippen molar-refractivity contribution in [3.05, 3.63) is 22.1 Å². The van der Waals surface area contributed by atoms with E-state index < -0.39 is 10.0 Å². The molecule has 1 unspecified atom stereocenters. The fourth-order valence-corrected chi connectivity index (χ4v) is 6.99. The monoisotopic (exact) mass is 482 g/mol. The van der Waals surface area contributed by atoms with Crippen LogP contribution >= 0.6 is 11.3 Å². The molecule has 0 aliphatic carbocycles. The number of nitrogens with one attached hydrogen (secondary N) is 2. The molecule has 2 aliphatic heterocycles. The van der Waals surface area contributed by atoms with E-state index in [1.807, 2.05) is 14.0 Å². The van der Waals surface area contributed by atoms with Gasteiger partial charge >= 0.3 is 0 Å². The number of thiophene rings is 1. The summed E-state index contributed by atoms with van der Waals surface area (Å²) in [6.07, 6.45) is 1.77. The van der Waals surface area contributed by atoms with Gasteiger partial charge in [0.2, 0.25) is 0 Å². The molecule has 2 N–H and O–H groups in total. The highest BCUT2D eigenvalue weighted by Gasteiger charge is 2.33. The minimum atomic E-state index is -3.66. The molecule has 0 aromatic carbocycles. The smallest absolute Gasteiger partial charge is 0.276 e. The zero-order chi connectivity index (χ0) is 23.0. The van der Waals surface area contributed by atoms with Gasteiger partial charge in [0.25, 0.3) is 15.6 Å². The van der Waals surface area contributed by atoms with E-state index in [9.17, 15) is 13.2 Å². The van der Waals surface area contributed by atoms with Crippen molar-refractivity contribution in [2.45, 2.75) is 36.9 Å². The number of H-pyrrole nitrogens is 1. The highest BCUT2D eigenvalue weighted by molar-refractivity contribution is 7.91. The van der Waals surface area contributed by atoms with Gasteiger partial charge in [-0.2, -0.15) is 4.31 Å². The summed E-state index contributed by atoms with van der Waals surface area (Å²) in [6.45, 7) is 6.56. The zero-order valence-corrected chi connectivity index (χ0v) is 20.5. The van der Waals surface area contributed by atoms with Crippen molar-refractivity contribution in [2.24, 2.45) is 0 Å². The molecule has 0 saturated carbocycles. The van der Waals surface area contributed by atoms with Gasteiger partial charge in [-0.3, -0.25) is 4.79 Å². The Balaban J connectivity index is 1.76. The third-order valence-electron chi connectivity index (χ3n) is 5.76. The van der Waals surface area contributed by atoms with Crippen LogP contribution in [0.25, 0.3) is 10.7 Å². The quantitative estimate of drug-likeness (QED) is 0.613. The van der Waals surface area contributed by atoms with Crippen LogP contribution in [0.2, 0.25) is 0 Å². The molecule has 0 bridgehead atoms. The number of aromatic amines is 1. The lowest BCUT2D eigenvalue weighted by Crippen LogP contribution is -2.46. The van der Waals surface area contributed by atoms with E-state index in [4.69, 9.17) is 9.72 Å². The van der Waals surface area contributed by atoms with Gasteiger partial charge < -0.3 is 19.6 Å². The fraction of sp³-hybridized carbons (Fsp3) is 0.600. The third-order valence-corrected chi connectivity index (χ3v) is 9.23. The van der Waals surface area contributed by atoms with Crippen molar-refractivity contribution < 1.29 is 13.2 Å². The predicted molar refractivity (Wildman–Crippen MR) is 125 cm³/mol. The second kappa shape index (κ2) is 9.10. The molecule has 32 heavy (non-hydrogen) atoms. The topological polar surface area (TPSA) is 111 Å². The minimum absolute atomic E-state index is 0.0647. The van der Waals surface area contributed by atoms with Crippen LogP contribution < -0.4 is 20.7 Å². The summed E-state index contributed by atoms with van der Waals surface area (Å²) in [4.78, 5) is 23.1. The normalized spacial score (nSPS) is 20.0. The number of ether oxygens (including phenoxy) is 1. The van der Waals surface area contributed by atoms with Crippen LogP contribution in [0.5, 0.6) is 5.75 Å². The summed E-state index contributed by atoms with van der Waals surface area (Å²) < 4.78 is 34.0. The molecule has 2 aliphatic rings. The standard InChI is InChI=1S/C20H30N6O4S2/c1-5-7-13-16-17(25(4)23-13)20(27)22-19(21-16)18-14(30-6-2)12-15(31-18)32(28,29)26-10-8-24(3)9-11-26/h12-13,23H,5-11H2,1-4H3,(H,21,22,27). The van der Waals surface area contributed by atoms with E-state index in [1.54, 1.807) is 18.1 Å². The van der Waals surface area contributed by atoms with Crippen molar-refractivity contribution in [3.63, 3.8) is 0 Å². The Labute approximate surface area is 192 Å². The zero-order valence-electron chi connectivity index (χ0n) is 18.8. The Bertz CT molecular complexity index is 1140. The summed E-state index contributed by atoms with van der Waals surface area (Å²) in [7, 11) is 0.116. The summed E-state index contributed by atoms with van der Waals surface area (Å²) in [5, 5.41) is 1.70. The highest BCUT2D eigenvalue weighted by Crippen LogP contribution is 2.41. The largest absolute Gasteiger partial charge is 0.492 e. The molecule has 2 aromatic heterocycles. The van der Waals surface area contributed by atoms with E-state index in [2.05, 4.69) is 22.2 Å². The SMILES string of the molecule is CCCC1NN(C)c2c1nc(-c1sc(S(=O)(=O)N3CCN(C)CC3)cc1OCC)[nH]c2=O. The molecule has 0 spiro atoms. The summed E-state index contributed by atoms with van der Waals surface area (Å²) in [5.74, 6) is 0.750. The highest BCUT2D eigenvalue weighted by atomic mass is 32.2. The van der Waals surface area contributed by atoms with Crippen molar-refractivity contribution in [2.75, 3.05) is 51.9 Å². The molecule has 10 nitrogen and oxygen atoms in total. The molecule has 0 amide bonds. The molecule has 4 rings (SSSR count). The number of hydrogen-bond donors (Lipinski definition) is 2. The number of rotatable bonds is 7. The molecular weight excluding hydrogens is 452 g/mol. The molecule has 1 atom stereocenters. The Kier molecular flexibility index (Phi) is 6.59. The van der Waals surface area contributed by atoms with E-state index in [-0.39, 0.29) is 15.8 Å². The van der Waals surface area contributed by atoms with Gasteiger partial charge in [-0.05, 0) is 20.4 Å². The average molecular weight is 483 g/mol. The average Bonchev–Trinajstić information content (AvgIpc) is 3.31. The van der Waals surface area contributed by atoms with Gasteiger partial charge in [0.1, 0.15) is 20.5 Å². The summed E-state index contributed by atoms with van der Waals surface area (Å²) in [6, 6.07) is 1.49. The van der Waals surface area contributed by atoms with Crippen molar-refractivity contribution in [3.8, 4) is 16.5 Å². The third kappa shape index (κ3) is 4.17. The van der Waals surface area contributed by atoms with Gasteiger partial charge in [-0.15, -0.1) is 11.3 Å². The molecule has 12 heteroatoms. The number of hydrazine groups is 1. The number of aromatic nitrogens is 2. The second-order valence-corrected chi connectivity index (χ2v) is 11.3. The van der Waals surface area contributed by atoms with Gasteiger partial charge in [0.05, 0.1) is 18.3 Å². The number of likely N-dealkylation sites (N-methyl/N-ethyl adjacent to an activating group) is 1. The lowest BCUT2D eigenvalue weighted by atomic mass is 10.1. The van der Waals surface area contributed by atoms with E-state index in [1.165, 1.54) is 4.31 Å². The van der Waals surface area contributed by atoms with Gasteiger partial charge in [0.15, 0.2) is 5.82 Å². The van der Waals surface area contributed by atoms with Crippen LogP contribution in [0, 0.1) is 0 Å². The first-order chi connectivity index (χ1) is 15.3. The predicted octanol–water partition coefficient (Wildman–Crippen LogP) is 1.63. The van der Waals surface area contributed by atoms with Crippen LogP contribution in [0.1, 0.15) is 38.4 Å². The summed E-state index contributed by atoms with van der Waals surface area (Å²) >= 11 is 1.09. The molecule has 176 valence electrons. The number of sulfonamides is 1. The Morgan fingerprint density at radius 1 is 1.22 bits per heavy atom. The van der Waals surface area contributed by atoms with Crippen LogP contribution in [0.3, 0.4) is 0 Å². The van der Waals surface area contributed by atoms with E-state index in [0.29, 0.717) is 60.6 Å². The summed E-state index contributed by atoms with van der Waals surface area (Å²) in [5.41, 5.74) is 4.17. The Morgan fingerprint density at radius 2 is 1.94 bits per heavy atom. The van der Waals surface area contributed by atoms with Gasteiger partial charge in [-0.25, -0.2) is 18.8 Å². The molecular formula is C20H30N6O4S2. The van der Waals surface area contributed by atoms with Gasteiger partial charge in [-0.1, -0.05) is 13.3 Å². The van der Waals surface area contributed by atoms with Gasteiger partial charge in [0, 0.05) is 39.3 Å². The fourth-order valence-electron chi connectivity index (χ4n) is 4.07. The second-order valence-electron chi connectivity index (χ2n) is 8.08. The molecule has 1 saturated heterocycles. The Morgan fingerprint density at radius 3 is 2.59 bits per heavy atom. The number of nitrogens with zero attached hydrogens (tertiary/aromatic N) is 4. The number of hydrogen-bond acceptors (Lipinski definition) is 9. The van der Waals surface area contributed by atoms with E-state index >= 15 is 0 Å². The maximum absolute atomic E-state index is 13.3. The van der Waals surface area contributed by atoms with Crippen LogP contribution in [0.15, 0.2) is 15.1 Å². The number of piperazine rings is 1. The molecule has 4 heterocycles. The first-order valence-electron chi connectivity index (χ1n) is 10.9. The number of anilines is 1. The number of fused-ring (bicyclic) bond motifs is 1. The minimum Gasteiger partial charge on any atom is -0.492 e. The first kappa shape index (κ1) is 23.2. The first-order valence-corrected chi connectivity index (χ1v) is 13.1. The maximum Gasteiger partial charge on any atom is 0.276 e. The van der Waals surface area contributed by atoms with Crippen LogP contribution in [0.4, 0.5) is 5.69 Å². The molecule has 1 fully saturated rings.